The van der Waals surface area contributed by atoms with E-state index in [-0.39, 0.29) is 5.82 Å². The minimum Gasteiger partial charge on any atom is -0.334 e. The summed E-state index contributed by atoms with van der Waals surface area (Å²) in [5.41, 5.74) is 5.78. The lowest BCUT2D eigenvalue weighted by Crippen LogP contribution is -1.85. The van der Waals surface area contributed by atoms with Crippen LogP contribution >= 0.6 is 0 Å². The molecule has 4 rings (SSSR count). The highest BCUT2D eigenvalue weighted by Gasteiger charge is 2.11. The standard InChI is InChI=1S/C17H13FN4/c1-22-10-19-15-8-12(4-7-16(15)22)14-9-20-21-17(14)11-2-5-13(18)6-3-11/h2-10H,1H3,(H,20,21). The number of nitrogens with zero attached hydrogens (tertiary/aromatic N) is 3. The van der Waals surface area contributed by atoms with Crippen LogP contribution in [0.4, 0.5) is 4.39 Å². The van der Waals surface area contributed by atoms with Gasteiger partial charge in [-0.1, -0.05) is 6.07 Å². The van der Waals surface area contributed by atoms with E-state index in [1.54, 1.807) is 24.7 Å². The molecule has 0 aliphatic rings. The summed E-state index contributed by atoms with van der Waals surface area (Å²) in [6.07, 6.45) is 3.58. The molecule has 0 fully saturated rings. The Labute approximate surface area is 126 Å². The van der Waals surface area contributed by atoms with Gasteiger partial charge in [-0.05, 0) is 42.0 Å². The predicted octanol–water partition coefficient (Wildman–Crippen LogP) is 3.77. The lowest BCUT2D eigenvalue weighted by Gasteiger charge is -2.04. The molecule has 0 radical (unpaired) electrons. The molecule has 2 aromatic heterocycles. The van der Waals surface area contributed by atoms with Crippen LogP contribution in [-0.2, 0) is 7.05 Å². The van der Waals surface area contributed by atoms with Crippen LogP contribution in [0.25, 0.3) is 33.4 Å². The zero-order chi connectivity index (χ0) is 15.1. The summed E-state index contributed by atoms with van der Waals surface area (Å²) >= 11 is 0. The molecule has 0 saturated carbocycles. The number of aromatic nitrogens is 4. The van der Waals surface area contributed by atoms with Gasteiger partial charge in [0.2, 0.25) is 0 Å². The first-order valence-corrected chi connectivity index (χ1v) is 6.93. The second kappa shape index (κ2) is 4.80. The molecule has 1 N–H and O–H groups in total. The molecular formula is C17H13FN4. The normalized spacial score (nSPS) is 11.2. The second-order valence-corrected chi connectivity index (χ2v) is 5.22. The van der Waals surface area contributed by atoms with Crippen LogP contribution in [0.2, 0.25) is 0 Å². The third-order valence-electron chi connectivity index (χ3n) is 3.81. The third kappa shape index (κ3) is 1.98. The lowest BCUT2D eigenvalue weighted by atomic mass is 10.0. The van der Waals surface area contributed by atoms with E-state index in [0.717, 1.165) is 33.4 Å². The van der Waals surface area contributed by atoms with Gasteiger partial charge in [0.25, 0.3) is 0 Å². The van der Waals surface area contributed by atoms with E-state index in [0.29, 0.717) is 0 Å². The van der Waals surface area contributed by atoms with Crippen molar-refractivity contribution in [2.75, 3.05) is 0 Å². The quantitative estimate of drug-likeness (QED) is 0.611. The van der Waals surface area contributed by atoms with Crippen molar-refractivity contribution in [2.45, 2.75) is 0 Å². The van der Waals surface area contributed by atoms with E-state index in [2.05, 4.69) is 15.2 Å². The average molecular weight is 292 g/mol. The Morgan fingerprint density at radius 3 is 2.64 bits per heavy atom. The van der Waals surface area contributed by atoms with Gasteiger partial charge in [0, 0.05) is 18.2 Å². The number of nitrogens with one attached hydrogen (secondary N) is 1. The molecular weight excluding hydrogens is 279 g/mol. The monoisotopic (exact) mass is 292 g/mol. The Morgan fingerprint density at radius 1 is 1.05 bits per heavy atom. The van der Waals surface area contributed by atoms with Crippen molar-refractivity contribution >= 4 is 11.0 Å². The molecule has 0 unspecified atom stereocenters. The number of aryl methyl sites for hydroxylation is 1. The zero-order valence-electron chi connectivity index (χ0n) is 11.9. The van der Waals surface area contributed by atoms with Gasteiger partial charge in [0.1, 0.15) is 5.82 Å². The van der Waals surface area contributed by atoms with E-state index in [1.165, 1.54) is 12.1 Å². The number of halogens is 1. The van der Waals surface area contributed by atoms with Crippen molar-refractivity contribution < 1.29 is 4.39 Å². The van der Waals surface area contributed by atoms with Gasteiger partial charge in [-0.3, -0.25) is 5.10 Å². The number of imidazole rings is 1. The van der Waals surface area contributed by atoms with E-state index in [9.17, 15) is 4.39 Å². The van der Waals surface area contributed by atoms with E-state index in [1.807, 2.05) is 29.8 Å². The number of hydrogen-bond acceptors (Lipinski definition) is 2. The predicted molar refractivity (Wildman–Crippen MR) is 83.7 cm³/mol. The number of aromatic amines is 1. The molecule has 0 atom stereocenters. The van der Waals surface area contributed by atoms with Gasteiger partial charge in [0.15, 0.2) is 0 Å². The van der Waals surface area contributed by atoms with Crippen molar-refractivity contribution in [3.05, 3.63) is 60.8 Å². The second-order valence-electron chi connectivity index (χ2n) is 5.22. The Hall–Kier alpha value is -2.95. The maximum atomic E-state index is 13.1. The molecule has 0 aliphatic heterocycles. The number of fused-ring (bicyclic) bond motifs is 1. The summed E-state index contributed by atoms with van der Waals surface area (Å²) in [4.78, 5) is 4.39. The smallest absolute Gasteiger partial charge is 0.123 e. The number of H-pyrrole nitrogens is 1. The molecule has 2 aromatic carbocycles. The first-order valence-electron chi connectivity index (χ1n) is 6.93. The van der Waals surface area contributed by atoms with Crippen LogP contribution in [0, 0.1) is 5.82 Å². The molecule has 0 saturated heterocycles. The fraction of sp³-hybridized carbons (Fsp3) is 0.0588. The Morgan fingerprint density at radius 2 is 1.82 bits per heavy atom. The van der Waals surface area contributed by atoms with Crippen molar-refractivity contribution in [3.8, 4) is 22.4 Å². The van der Waals surface area contributed by atoms with E-state index < -0.39 is 0 Å². The van der Waals surface area contributed by atoms with Crippen LogP contribution < -0.4 is 0 Å². The van der Waals surface area contributed by atoms with Crippen LogP contribution in [0.5, 0.6) is 0 Å². The van der Waals surface area contributed by atoms with Crippen LogP contribution in [0.3, 0.4) is 0 Å². The molecule has 5 heteroatoms. The molecule has 0 spiro atoms. The van der Waals surface area contributed by atoms with Gasteiger partial charge in [-0.2, -0.15) is 5.10 Å². The average Bonchev–Trinajstić information content (AvgIpc) is 3.15. The minimum atomic E-state index is -0.250. The van der Waals surface area contributed by atoms with Crippen LogP contribution in [0.1, 0.15) is 0 Å². The molecule has 0 amide bonds. The molecule has 0 bridgehead atoms. The molecule has 4 aromatic rings. The maximum absolute atomic E-state index is 13.1. The Balaban J connectivity index is 1.85. The number of hydrogen-bond donors (Lipinski definition) is 1. The Kier molecular flexibility index (Phi) is 2.79. The van der Waals surface area contributed by atoms with Gasteiger partial charge in [-0.25, -0.2) is 9.37 Å². The van der Waals surface area contributed by atoms with E-state index in [4.69, 9.17) is 0 Å². The summed E-state index contributed by atoms with van der Waals surface area (Å²) in [6, 6.07) is 12.5. The number of benzene rings is 2. The van der Waals surface area contributed by atoms with Gasteiger partial charge in [0.05, 0.1) is 29.3 Å². The lowest BCUT2D eigenvalue weighted by molar-refractivity contribution is 0.628. The maximum Gasteiger partial charge on any atom is 0.123 e. The molecule has 2 heterocycles. The zero-order valence-corrected chi connectivity index (χ0v) is 11.9. The topological polar surface area (TPSA) is 46.5 Å². The van der Waals surface area contributed by atoms with Gasteiger partial charge >= 0.3 is 0 Å². The summed E-state index contributed by atoms with van der Waals surface area (Å²) in [5, 5.41) is 7.13. The molecule has 0 aliphatic carbocycles. The number of rotatable bonds is 2. The van der Waals surface area contributed by atoms with Crippen molar-refractivity contribution in [1.29, 1.82) is 0 Å². The first-order chi connectivity index (χ1) is 10.7. The highest BCUT2D eigenvalue weighted by Crippen LogP contribution is 2.31. The van der Waals surface area contributed by atoms with Crippen molar-refractivity contribution in [1.82, 2.24) is 19.7 Å². The largest absolute Gasteiger partial charge is 0.334 e. The van der Waals surface area contributed by atoms with Gasteiger partial charge < -0.3 is 4.57 Å². The molecule has 22 heavy (non-hydrogen) atoms. The first kappa shape index (κ1) is 12.8. The van der Waals surface area contributed by atoms with E-state index >= 15 is 0 Å². The minimum absolute atomic E-state index is 0.250. The fourth-order valence-corrected chi connectivity index (χ4v) is 2.65. The highest BCUT2D eigenvalue weighted by molar-refractivity contribution is 5.86. The summed E-state index contributed by atoms with van der Waals surface area (Å²) in [7, 11) is 1.97. The summed E-state index contributed by atoms with van der Waals surface area (Å²) in [5.74, 6) is -0.250. The third-order valence-corrected chi connectivity index (χ3v) is 3.81. The van der Waals surface area contributed by atoms with Crippen molar-refractivity contribution in [2.24, 2.45) is 7.05 Å². The summed E-state index contributed by atoms with van der Waals surface area (Å²) in [6.45, 7) is 0. The Bertz CT molecular complexity index is 950. The molecule has 108 valence electrons. The van der Waals surface area contributed by atoms with Crippen LogP contribution in [-0.4, -0.2) is 19.7 Å². The fourth-order valence-electron chi connectivity index (χ4n) is 2.65. The van der Waals surface area contributed by atoms with Crippen molar-refractivity contribution in [3.63, 3.8) is 0 Å². The van der Waals surface area contributed by atoms with Crippen LogP contribution in [0.15, 0.2) is 55.0 Å². The van der Waals surface area contributed by atoms with Gasteiger partial charge in [-0.15, -0.1) is 0 Å². The SMILES string of the molecule is Cn1cnc2cc(-c3cn[nH]c3-c3ccc(F)cc3)ccc21. The summed E-state index contributed by atoms with van der Waals surface area (Å²) < 4.78 is 15.1. The molecule has 4 nitrogen and oxygen atoms in total. The highest BCUT2D eigenvalue weighted by atomic mass is 19.1.